The topological polar surface area (TPSA) is 50.1 Å². The molecule has 28 heavy (non-hydrogen) atoms. The SMILES string of the molecule is CCCc1ccc2c(c1)CCc1cc(C(=O)Oc3ccc(C#N)cc3)ccc1-2. The number of nitriles is 1. The zero-order chi connectivity index (χ0) is 19.5. The van der Waals surface area contributed by atoms with E-state index in [2.05, 4.69) is 31.2 Å². The monoisotopic (exact) mass is 367 g/mol. The number of fused-ring (bicyclic) bond motifs is 3. The van der Waals surface area contributed by atoms with Gasteiger partial charge in [-0.3, -0.25) is 0 Å². The molecule has 0 radical (unpaired) electrons. The minimum absolute atomic E-state index is 0.378. The van der Waals surface area contributed by atoms with Crippen molar-refractivity contribution >= 4 is 5.97 Å². The van der Waals surface area contributed by atoms with Gasteiger partial charge in [-0.05, 0) is 83.5 Å². The predicted octanol–water partition coefficient (Wildman–Crippen LogP) is 5.50. The van der Waals surface area contributed by atoms with E-state index in [1.807, 2.05) is 18.2 Å². The number of nitrogens with zero attached hydrogens (tertiary/aromatic N) is 1. The Kier molecular flexibility index (Phi) is 4.95. The predicted molar refractivity (Wildman–Crippen MR) is 109 cm³/mol. The van der Waals surface area contributed by atoms with Gasteiger partial charge in [-0.25, -0.2) is 4.79 Å². The zero-order valence-electron chi connectivity index (χ0n) is 15.9. The number of carbonyl (C=O) groups excluding carboxylic acids is 1. The zero-order valence-corrected chi connectivity index (χ0v) is 15.9. The summed E-state index contributed by atoms with van der Waals surface area (Å²) in [4.78, 5) is 12.5. The van der Waals surface area contributed by atoms with Crippen molar-refractivity contribution in [3.63, 3.8) is 0 Å². The summed E-state index contributed by atoms with van der Waals surface area (Å²) in [6.45, 7) is 2.20. The highest BCUT2D eigenvalue weighted by molar-refractivity contribution is 5.92. The van der Waals surface area contributed by atoms with Crippen LogP contribution in [0.5, 0.6) is 5.75 Å². The molecule has 1 aliphatic carbocycles. The molecule has 4 rings (SSSR count). The van der Waals surface area contributed by atoms with Crippen molar-refractivity contribution in [1.82, 2.24) is 0 Å². The third-order valence-corrected chi connectivity index (χ3v) is 5.20. The Morgan fingerprint density at radius 3 is 2.32 bits per heavy atom. The molecular weight excluding hydrogens is 346 g/mol. The van der Waals surface area contributed by atoms with Crippen molar-refractivity contribution < 1.29 is 9.53 Å². The molecule has 0 saturated carbocycles. The number of benzene rings is 3. The van der Waals surface area contributed by atoms with Gasteiger partial charge < -0.3 is 4.74 Å². The fourth-order valence-electron chi connectivity index (χ4n) is 3.78. The first-order chi connectivity index (χ1) is 13.7. The van der Waals surface area contributed by atoms with Gasteiger partial charge in [0.05, 0.1) is 17.2 Å². The van der Waals surface area contributed by atoms with E-state index >= 15 is 0 Å². The maximum atomic E-state index is 12.5. The highest BCUT2D eigenvalue weighted by atomic mass is 16.5. The standard InChI is InChI=1S/C25H21NO2/c1-2-3-17-6-12-23-19(14-17)7-8-20-15-21(9-13-24(20)23)25(27)28-22-10-4-18(16-26)5-11-22/h4-6,9-15H,2-3,7-8H2,1H3. The lowest BCUT2D eigenvalue weighted by molar-refractivity contribution is 0.0734. The first-order valence-electron chi connectivity index (χ1n) is 9.65. The van der Waals surface area contributed by atoms with Crippen LogP contribution in [0.15, 0.2) is 60.7 Å². The van der Waals surface area contributed by atoms with Gasteiger partial charge in [0.15, 0.2) is 0 Å². The maximum absolute atomic E-state index is 12.5. The Bertz CT molecular complexity index is 1070. The van der Waals surface area contributed by atoms with Crippen LogP contribution >= 0.6 is 0 Å². The van der Waals surface area contributed by atoms with Crippen LogP contribution in [0.3, 0.4) is 0 Å². The average Bonchev–Trinajstić information content (AvgIpc) is 2.74. The Balaban J connectivity index is 1.57. The first kappa shape index (κ1) is 18.0. The Labute approximate surface area is 165 Å². The van der Waals surface area contributed by atoms with Crippen LogP contribution in [0.1, 0.15) is 46.0 Å². The Hall–Kier alpha value is -3.38. The van der Waals surface area contributed by atoms with Crippen molar-refractivity contribution in [2.45, 2.75) is 32.6 Å². The lowest BCUT2D eigenvalue weighted by Crippen LogP contribution is -2.11. The van der Waals surface area contributed by atoms with Gasteiger partial charge in [0.25, 0.3) is 0 Å². The van der Waals surface area contributed by atoms with Gasteiger partial charge in [0.2, 0.25) is 0 Å². The summed E-state index contributed by atoms with van der Waals surface area (Å²) in [6.07, 6.45) is 4.18. The van der Waals surface area contributed by atoms with E-state index in [-0.39, 0.29) is 5.97 Å². The van der Waals surface area contributed by atoms with Gasteiger partial charge >= 0.3 is 5.97 Å². The molecule has 3 nitrogen and oxygen atoms in total. The van der Waals surface area contributed by atoms with Crippen LogP contribution in [-0.2, 0) is 19.3 Å². The summed E-state index contributed by atoms with van der Waals surface area (Å²) in [5.74, 6) is 0.0621. The molecule has 0 fully saturated rings. The molecule has 0 bridgehead atoms. The summed E-state index contributed by atoms with van der Waals surface area (Å²) in [6, 6.07) is 21.2. The van der Waals surface area contributed by atoms with E-state index in [0.717, 1.165) is 25.7 Å². The molecule has 3 aromatic rings. The molecule has 138 valence electrons. The maximum Gasteiger partial charge on any atom is 0.343 e. The second-order valence-electron chi connectivity index (χ2n) is 7.14. The van der Waals surface area contributed by atoms with E-state index < -0.39 is 0 Å². The van der Waals surface area contributed by atoms with Crippen molar-refractivity contribution in [2.75, 3.05) is 0 Å². The molecule has 0 aromatic heterocycles. The number of hydrogen-bond donors (Lipinski definition) is 0. The fraction of sp³-hybridized carbons (Fsp3) is 0.200. The molecule has 0 N–H and O–H groups in total. The third-order valence-electron chi connectivity index (χ3n) is 5.20. The van der Waals surface area contributed by atoms with Crippen molar-refractivity contribution in [3.8, 4) is 22.9 Å². The molecular formula is C25H21NO2. The number of esters is 1. The molecule has 0 spiro atoms. The molecule has 0 saturated heterocycles. The van der Waals surface area contributed by atoms with E-state index in [1.165, 1.54) is 27.8 Å². The van der Waals surface area contributed by atoms with Crippen LogP contribution in [0.25, 0.3) is 11.1 Å². The molecule has 0 atom stereocenters. The highest BCUT2D eigenvalue weighted by Gasteiger charge is 2.19. The summed E-state index contributed by atoms with van der Waals surface area (Å²) in [5.41, 5.74) is 7.54. The highest BCUT2D eigenvalue weighted by Crippen LogP contribution is 2.35. The number of ether oxygens (including phenoxy) is 1. The molecule has 3 aromatic carbocycles. The van der Waals surface area contributed by atoms with E-state index in [1.54, 1.807) is 24.3 Å². The number of hydrogen-bond acceptors (Lipinski definition) is 3. The molecule has 0 aliphatic heterocycles. The van der Waals surface area contributed by atoms with E-state index in [0.29, 0.717) is 16.9 Å². The van der Waals surface area contributed by atoms with Gasteiger partial charge in [-0.2, -0.15) is 5.26 Å². The third kappa shape index (κ3) is 3.54. The lowest BCUT2D eigenvalue weighted by Gasteiger charge is -2.21. The van der Waals surface area contributed by atoms with Crippen molar-refractivity contribution in [1.29, 1.82) is 5.26 Å². The van der Waals surface area contributed by atoms with Gasteiger partial charge in [-0.15, -0.1) is 0 Å². The fourth-order valence-corrected chi connectivity index (χ4v) is 3.78. The van der Waals surface area contributed by atoms with E-state index in [4.69, 9.17) is 10.00 Å². The molecule has 3 heteroatoms. The van der Waals surface area contributed by atoms with Gasteiger partial charge in [0, 0.05) is 0 Å². The average molecular weight is 367 g/mol. The summed E-state index contributed by atoms with van der Waals surface area (Å²) < 4.78 is 5.45. The first-order valence-corrected chi connectivity index (χ1v) is 9.65. The minimum atomic E-state index is -0.378. The van der Waals surface area contributed by atoms with Gasteiger partial charge in [0.1, 0.15) is 5.75 Å². The Morgan fingerprint density at radius 2 is 1.64 bits per heavy atom. The van der Waals surface area contributed by atoms with Crippen LogP contribution < -0.4 is 4.74 Å². The smallest absolute Gasteiger partial charge is 0.343 e. The second kappa shape index (κ2) is 7.70. The molecule has 1 aliphatic rings. The van der Waals surface area contributed by atoms with E-state index in [9.17, 15) is 4.79 Å². The van der Waals surface area contributed by atoms with Crippen molar-refractivity contribution in [3.05, 3.63) is 88.5 Å². The second-order valence-corrected chi connectivity index (χ2v) is 7.14. The van der Waals surface area contributed by atoms with Crippen LogP contribution in [0.4, 0.5) is 0 Å². The van der Waals surface area contributed by atoms with Crippen LogP contribution in [0.2, 0.25) is 0 Å². The lowest BCUT2D eigenvalue weighted by atomic mass is 9.83. The number of carbonyl (C=O) groups is 1. The summed E-state index contributed by atoms with van der Waals surface area (Å²) in [7, 11) is 0. The number of aryl methyl sites for hydroxylation is 3. The van der Waals surface area contributed by atoms with Crippen molar-refractivity contribution in [2.24, 2.45) is 0 Å². The quantitative estimate of drug-likeness (QED) is 0.452. The Morgan fingerprint density at radius 1 is 0.964 bits per heavy atom. The van der Waals surface area contributed by atoms with Gasteiger partial charge in [-0.1, -0.05) is 37.6 Å². The normalized spacial score (nSPS) is 11.9. The number of rotatable bonds is 4. The molecule has 0 heterocycles. The summed E-state index contributed by atoms with van der Waals surface area (Å²) in [5, 5.41) is 8.85. The van der Waals surface area contributed by atoms with Crippen LogP contribution in [-0.4, -0.2) is 5.97 Å². The molecule has 0 amide bonds. The summed E-state index contributed by atoms with van der Waals surface area (Å²) >= 11 is 0. The molecule has 0 unspecified atom stereocenters. The minimum Gasteiger partial charge on any atom is -0.423 e. The largest absolute Gasteiger partial charge is 0.423 e. The van der Waals surface area contributed by atoms with Crippen LogP contribution in [0, 0.1) is 11.3 Å².